The van der Waals surface area contributed by atoms with Crippen molar-refractivity contribution in [3.8, 4) is 0 Å². The number of fused-ring (bicyclic) bond motifs is 1. The number of nitrogens with one attached hydrogen (secondary N) is 2. The Morgan fingerprint density at radius 3 is 3.08 bits per heavy atom. The van der Waals surface area contributed by atoms with Gasteiger partial charge in [0.2, 0.25) is 5.95 Å². The van der Waals surface area contributed by atoms with Crippen LogP contribution in [0.4, 0.5) is 17.5 Å². The van der Waals surface area contributed by atoms with Gasteiger partial charge in [0.15, 0.2) is 0 Å². The molecule has 0 bridgehead atoms. The zero-order valence-corrected chi connectivity index (χ0v) is 13.7. The highest BCUT2D eigenvalue weighted by molar-refractivity contribution is 5.87. The number of aryl methyl sites for hydroxylation is 1. The van der Waals surface area contributed by atoms with Gasteiger partial charge in [0.25, 0.3) is 0 Å². The van der Waals surface area contributed by atoms with Gasteiger partial charge in [-0.2, -0.15) is 15.1 Å². The second kappa shape index (κ2) is 6.12. The summed E-state index contributed by atoms with van der Waals surface area (Å²) in [4.78, 5) is 9.08. The molecular weight excluding hydrogens is 304 g/mol. The number of anilines is 3. The molecule has 0 aliphatic carbocycles. The molecule has 0 unspecified atom stereocenters. The largest absolute Gasteiger partial charge is 0.383 e. The molecule has 8 nitrogen and oxygen atoms in total. The highest BCUT2D eigenvalue weighted by Gasteiger charge is 2.19. The van der Waals surface area contributed by atoms with Crippen molar-refractivity contribution in [2.75, 3.05) is 24.1 Å². The van der Waals surface area contributed by atoms with E-state index in [1.165, 1.54) is 6.42 Å². The van der Waals surface area contributed by atoms with Crippen LogP contribution in [0.3, 0.4) is 0 Å². The summed E-state index contributed by atoms with van der Waals surface area (Å²) in [6.45, 7) is 4.91. The number of hydrogen-bond donors (Lipinski definition) is 3. The smallest absolute Gasteiger partial charge is 0.231 e. The van der Waals surface area contributed by atoms with Crippen molar-refractivity contribution in [3.05, 3.63) is 24.7 Å². The molecule has 0 amide bonds. The second-order valence-corrected chi connectivity index (χ2v) is 6.10. The molecule has 1 atom stereocenters. The van der Waals surface area contributed by atoms with E-state index in [2.05, 4.69) is 31.5 Å². The lowest BCUT2D eigenvalue weighted by molar-refractivity contribution is 0.378. The molecule has 24 heavy (non-hydrogen) atoms. The second-order valence-electron chi connectivity index (χ2n) is 6.10. The summed E-state index contributed by atoms with van der Waals surface area (Å²) in [7, 11) is 0. The molecule has 1 saturated heterocycles. The van der Waals surface area contributed by atoms with E-state index in [-0.39, 0.29) is 0 Å². The monoisotopic (exact) mass is 326 g/mol. The molecule has 1 fully saturated rings. The molecular formula is C16H22N8. The number of nitrogens with zero attached hydrogens (tertiary/aromatic N) is 5. The van der Waals surface area contributed by atoms with E-state index < -0.39 is 0 Å². The number of nitrogens with two attached hydrogens (primary N) is 1. The Labute approximate surface area is 140 Å². The third-order valence-electron chi connectivity index (χ3n) is 4.48. The van der Waals surface area contributed by atoms with E-state index in [1.54, 1.807) is 6.20 Å². The number of aromatic nitrogens is 5. The van der Waals surface area contributed by atoms with Crippen molar-refractivity contribution < 1.29 is 0 Å². The van der Waals surface area contributed by atoms with Gasteiger partial charge in [0.1, 0.15) is 11.5 Å². The summed E-state index contributed by atoms with van der Waals surface area (Å²) < 4.78 is 4.06. The molecule has 3 aromatic heterocycles. The normalized spacial score (nSPS) is 18.1. The van der Waals surface area contributed by atoms with Crippen LogP contribution in [-0.2, 0) is 6.54 Å². The molecule has 1 aliphatic rings. The van der Waals surface area contributed by atoms with Crippen LogP contribution in [0.15, 0.2) is 24.7 Å². The molecule has 3 aromatic rings. The lowest BCUT2D eigenvalue weighted by Crippen LogP contribution is -2.31. The Hall–Kier alpha value is -2.61. The lowest BCUT2D eigenvalue weighted by atomic mass is 10.1. The summed E-state index contributed by atoms with van der Waals surface area (Å²) in [6.07, 6.45) is 8.07. The van der Waals surface area contributed by atoms with Gasteiger partial charge in [-0.1, -0.05) is 0 Å². The van der Waals surface area contributed by atoms with Gasteiger partial charge in [-0.3, -0.25) is 4.68 Å². The molecule has 4 heterocycles. The number of nitrogen functional groups attached to an aromatic ring is 1. The lowest BCUT2D eigenvalue weighted by Gasteiger charge is -2.24. The minimum absolute atomic E-state index is 0.404. The highest BCUT2D eigenvalue weighted by atomic mass is 15.3. The first-order valence-corrected chi connectivity index (χ1v) is 8.39. The van der Waals surface area contributed by atoms with Gasteiger partial charge in [0.05, 0.1) is 17.3 Å². The van der Waals surface area contributed by atoms with Crippen molar-refractivity contribution in [1.29, 1.82) is 0 Å². The minimum atomic E-state index is 0.404. The first kappa shape index (κ1) is 14.9. The first-order chi connectivity index (χ1) is 11.7. The number of rotatable bonds is 4. The van der Waals surface area contributed by atoms with Gasteiger partial charge in [-0.25, -0.2) is 0 Å². The zero-order valence-electron chi connectivity index (χ0n) is 13.7. The number of hydrogen-bond acceptors (Lipinski definition) is 6. The van der Waals surface area contributed by atoms with Crippen molar-refractivity contribution in [1.82, 2.24) is 29.6 Å². The predicted octanol–water partition coefficient (Wildman–Crippen LogP) is 1.90. The van der Waals surface area contributed by atoms with Crippen LogP contribution in [0.2, 0.25) is 0 Å². The molecule has 0 aromatic carbocycles. The summed E-state index contributed by atoms with van der Waals surface area (Å²) in [6, 6.07) is 2.40. The Bertz CT molecular complexity index is 843. The van der Waals surface area contributed by atoms with Crippen LogP contribution >= 0.6 is 0 Å². The van der Waals surface area contributed by atoms with Gasteiger partial charge in [-0.05, 0) is 32.4 Å². The zero-order chi connectivity index (χ0) is 16.5. The SMILES string of the molecule is CCn1cc(Nc2nc(N)c3ccn([C@@H]4CCCNC4)c3n2)cn1. The van der Waals surface area contributed by atoms with E-state index in [0.717, 1.165) is 42.8 Å². The van der Waals surface area contributed by atoms with Gasteiger partial charge in [-0.15, -0.1) is 0 Å². The van der Waals surface area contributed by atoms with E-state index in [9.17, 15) is 0 Å². The minimum Gasteiger partial charge on any atom is -0.383 e. The van der Waals surface area contributed by atoms with E-state index in [4.69, 9.17) is 10.7 Å². The maximum absolute atomic E-state index is 6.14. The van der Waals surface area contributed by atoms with Crippen LogP contribution < -0.4 is 16.4 Å². The van der Waals surface area contributed by atoms with Gasteiger partial charge in [0, 0.05) is 31.5 Å². The van der Waals surface area contributed by atoms with Crippen LogP contribution in [-0.4, -0.2) is 37.4 Å². The van der Waals surface area contributed by atoms with Crippen LogP contribution in [0, 0.1) is 0 Å². The molecule has 1 aliphatic heterocycles. The fourth-order valence-corrected chi connectivity index (χ4v) is 3.21. The predicted molar refractivity (Wildman–Crippen MR) is 94.3 cm³/mol. The fraction of sp³-hybridized carbons (Fsp3) is 0.438. The van der Waals surface area contributed by atoms with Crippen LogP contribution in [0.1, 0.15) is 25.8 Å². The standard InChI is InChI=1S/C16H22N8/c1-2-23-10-11(8-19-23)20-16-21-14(17)13-5-7-24(15(13)22-16)12-4-3-6-18-9-12/h5,7-8,10,12,18H,2-4,6,9H2,1H3,(H3,17,20,21,22)/t12-/m1/s1. The highest BCUT2D eigenvalue weighted by Crippen LogP contribution is 2.27. The van der Waals surface area contributed by atoms with Crippen molar-refractivity contribution >= 4 is 28.5 Å². The topological polar surface area (TPSA) is 98.6 Å². The van der Waals surface area contributed by atoms with Gasteiger partial charge < -0.3 is 20.9 Å². The molecule has 4 N–H and O–H groups in total. The Morgan fingerprint density at radius 2 is 2.33 bits per heavy atom. The average molecular weight is 326 g/mol. The summed E-state index contributed by atoms with van der Waals surface area (Å²) >= 11 is 0. The third kappa shape index (κ3) is 2.69. The molecule has 8 heteroatoms. The van der Waals surface area contributed by atoms with Gasteiger partial charge >= 0.3 is 0 Å². The molecule has 126 valence electrons. The molecule has 0 spiro atoms. The molecule has 0 radical (unpaired) electrons. The molecule has 4 rings (SSSR count). The van der Waals surface area contributed by atoms with Crippen molar-refractivity contribution in [3.63, 3.8) is 0 Å². The molecule has 0 saturated carbocycles. The third-order valence-corrected chi connectivity index (χ3v) is 4.48. The maximum atomic E-state index is 6.14. The summed E-state index contributed by atoms with van der Waals surface area (Å²) in [5, 5.41) is 11.8. The van der Waals surface area contributed by atoms with Crippen molar-refractivity contribution in [2.24, 2.45) is 0 Å². The Kier molecular flexibility index (Phi) is 3.81. The van der Waals surface area contributed by atoms with E-state index in [1.807, 2.05) is 23.9 Å². The first-order valence-electron chi connectivity index (χ1n) is 8.39. The maximum Gasteiger partial charge on any atom is 0.231 e. The summed E-state index contributed by atoms with van der Waals surface area (Å²) in [5.41, 5.74) is 7.88. The van der Waals surface area contributed by atoms with Crippen molar-refractivity contribution in [2.45, 2.75) is 32.4 Å². The summed E-state index contributed by atoms with van der Waals surface area (Å²) in [5.74, 6) is 0.993. The number of piperidine rings is 1. The van der Waals surface area contributed by atoms with Crippen LogP contribution in [0.25, 0.3) is 11.0 Å². The van der Waals surface area contributed by atoms with E-state index >= 15 is 0 Å². The van der Waals surface area contributed by atoms with E-state index in [0.29, 0.717) is 17.8 Å². The average Bonchev–Trinajstić information content (AvgIpc) is 3.22. The Balaban J connectivity index is 1.69. The fourth-order valence-electron chi connectivity index (χ4n) is 3.21. The van der Waals surface area contributed by atoms with Crippen LogP contribution in [0.5, 0.6) is 0 Å². The Morgan fingerprint density at radius 1 is 1.42 bits per heavy atom. The quantitative estimate of drug-likeness (QED) is 0.677.